The predicted octanol–water partition coefficient (Wildman–Crippen LogP) is 4.95. The molecule has 148 valence electrons. The van der Waals surface area contributed by atoms with Crippen molar-refractivity contribution >= 4 is 5.97 Å². The zero-order valence-electron chi connectivity index (χ0n) is 16.2. The molecule has 29 heavy (non-hydrogen) atoms. The fourth-order valence-electron chi connectivity index (χ4n) is 3.35. The van der Waals surface area contributed by atoms with Gasteiger partial charge in [-0.1, -0.05) is 36.4 Å². The molecule has 1 aliphatic heterocycles. The van der Waals surface area contributed by atoms with Crippen molar-refractivity contribution in [2.75, 3.05) is 19.8 Å². The normalized spacial score (nSPS) is 12.3. The largest absolute Gasteiger partial charge is 0.494 e. The van der Waals surface area contributed by atoms with Gasteiger partial charge < -0.3 is 18.9 Å². The maximum Gasteiger partial charge on any atom is 0.318 e. The summed E-state index contributed by atoms with van der Waals surface area (Å²) in [6.07, 6.45) is 0. The molecule has 0 amide bonds. The van der Waals surface area contributed by atoms with Crippen LogP contribution in [0.3, 0.4) is 0 Å². The smallest absolute Gasteiger partial charge is 0.318 e. The van der Waals surface area contributed by atoms with Crippen LogP contribution < -0.4 is 14.2 Å². The molecular weight excluding hydrogens is 368 g/mol. The van der Waals surface area contributed by atoms with Gasteiger partial charge in [-0.3, -0.25) is 4.79 Å². The van der Waals surface area contributed by atoms with E-state index in [4.69, 9.17) is 18.9 Å². The van der Waals surface area contributed by atoms with E-state index in [2.05, 4.69) is 0 Å². The molecule has 3 aromatic rings. The van der Waals surface area contributed by atoms with Crippen molar-refractivity contribution in [2.45, 2.75) is 12.8 Å². The molecule has 0 bridgehead atoms. The van der Waals surface area contributed by atoms with Crippen LogP contribution in [0, 0.1) is 0 Å². The van der Waals surface area contributed by atoms with Crippen molar-refractivity contribution < 1.29 is 23.7 Å². The minimum Gasteiger partial charge on any atom is -0.494 e. The molecule has 5 nitrogen and oxygen atoms in total. The van der Waals surface area contributed by atoms with Crippen LogP contribution in [0.25, 0.3) is 0 Å². The summed E-state index contributed by atoms with van der Waals surface area (Å²) in [4.78, 5) is 12.9. The van der Waals surface area contributed by atoms with Crippen molar-refractivity contribution in [3.8, 4) is 23.0 Å². The van der Waals surface area contributed by atoms with Crippen LogP contribution in [0.5, 0.6) is 23.0 Å². The maximum atomic E-state index is 12.9. The summed E-state index contributed by atoms with van der Waals surface area (Å²) in [5, 5.41) is 0. The number of esters is 1. The fourth-order valence-corrected chi connectivity index (χ4v) is 3.35. The first-order chi connectivity index (χ1) is 14.3. The average molecular weight is 390 g/mol. The van der Waals surface area contributed by atoms with Gasteiger partial charge in [0, 0.05) is 11.1 Å². The molecule has 4 rings (SSSR count). The number of hydrogen-bond donors (Lipinski definition) is 0. The minimum absolute atomic E-state index is 0.160. The Hall–Kier alpha value is -3.47. The molecule has 3 aromatic carbocycles. The van der Waals surface area contributed by atoms with Gasteiger partial charge in [-0.25, -0.2) is 0 Å². The summed E-state index contributed by atoms with van der Waals surface area (Å²) < 4.78 is 22.5. The van der Waals surface area contributed by atoms with Crippen LogP contribution >= 0.6 is 0 Å². The first kappa shape index (κ1) is 18.9. The second kappa shape index (κ2) is 8.69. The van der Waals surface area contributed by atoms with Gasteiger partial charge in [-0.2, -0.15) is 0 Å². The Morgan fingerprint density at radius 1 is 0.793 bits per heavy atom. The number of fused-ring (bicyclic) bond motifs is 2. The summed E-state index contributed by atoms with van der Waals surface area (Å²) >= 11 is 0. The van der Waals surface area contributed by atoms with Gasteiger partial charge in [0.2, 0.25) is 0 Å². The molecule has 0 aromatic heterocycles. The third kappa shape index (κ3) is 4.19. The monoisotopic (exact) mass is 390 g/mol. The van der Waals surface area contributed by atoms with E-state index in [1.807, 2.05) is 79.7 Å². The lowest BCUT2D eigenvalue weighted by molar-refractivity contribution is -0.145. The number of carbonyl (C=O) groups excluding carboxylic acids is 1. The van der Waals surface area contributed by atoms with E-state index in [1.54, 1.807) is 0 Å². The maximum absolute atomic E-state index is 12.9. The molecule has 0 N–H and O–H groups in total. The Morgan fingerprint density at radius 3 is 1.93 bits per heavy atom. The molecule has 0 fully saturated rings. The quantitative estimate of drug-likeness (QED) is 0.422. The Labute approximate surface area is 169 Å². The molecule has 0 saturated heterocycles. The highest BCUT2D eigenvalue weighted by Gasteiger charge is 2.33. The van der Waals surface area contributed by atoms with Crippen molar-refractivity contribution in [3.05, 3.63) is 83.9 Å². The molecule has 1 aliphatic rings. The van der Waals surface area contributed by atoms with Crippen LogP contribution in [-0.4, -0.2) is 25.8 Å². The number of benzene rings is 3. The van der Waals surface area contributed by atoms with E-state index < -0.39 is 5.92 Å². The van der Waals surface area contributed by atoms with Crippen molar-refractivity contribution in [1.29, 1.82) is 0 Å². The van der Waals surface area contributed by atoms with E-state index in [0.717, 1.165) is 16.9 Å². The van der Waals surface area contributed by atoms with Gasteiger partial charge in [0.1, 0.15) is 42.1 Å². The Kier molecular flexibility index (Phi) is 5.66. The molecule has 0 radical (unpaired) electrons. The highest BCUT2D eigenvalue weighted by molar-refractivity contribution is 5.85. The van der Waals surface area contributed by atoms with Crippen LogP contribution in [0.2, 0.25) is 0 Å². The highest BCUT2D eigenvalue weighted by Crippen LogP contribution is 2.44. The molecule has 0 spiro atoms. The number of rotatable bonds is 7. The van der Waals surface area contributed by atoms with Crippen LogP contribution in [0.1, 0.15) is 24.0 Å². The summed E-state index contributed by atoms with van der Waals surface area (Å²) in [7, 11) is 0. The van der Waals surface area contributed by atoms with Crippen LogP contribution in [-0.2, 0) is 9.53 Å². The zero-order chi connectivity index (χ0) is 20.1. The molecule has 0 saturated carbocycles. The number of ether oxygens (including phenoxy) is 4. The van der Waals surface area contributed by atoms with E-state index in [9.17, 15) is 4.79 Å². The predicted molar refractivity (Wildman–Crippen MR) is 109 cm³/mol. The Balaban J connectivity index is 1.39. The SMILES string of the molecule is CCOc1ccc(OCCOC(=O)C2c3ccccc3Oc3ccccc32)cc1. The highest BCUT2D eigenvalue weighted by atomic mass is 16.6. The summed E-state index contributed by atoms with van der Waals surface area (Å²) in [5.41, 5.74) is 1.62. The van der Waals surface area contributed by atoms with Crippen LogP contribution in [0.15, 0.2) is 72.8 Å². The van der Waals surface area contributed by atoms with Crippen molar-refractivity contribution in [3.63, 3.8) is 0 Å². The molecule has 5 heteroatoms. The lowest BCUT2D eigenvalue weighted by atomic mass is 9.88. The fraction of sp³-hybridized carbons (Fsp3) is 0.208. The zero-order valence-corrected chi connectivity index (χ0v) is 16.2. The topological polar surface area (TPSA) is 54.0 Å². The summed E-state index contributed by atoms with van der Waals surface area (Å²) in [5.74, 6) is 2.03. The molecule has 0 atom stereocenters. The van der Waals surface area contributed by atoms with Crippen molar-refractivity contribution in [2.24, 2.45) is 0 Å². The van der Waals surface area contributed by atoms with Gasteiger partial charge in [0.15, 0.2) is 0 Å². The van der Waals surface area contributed by atoms with E-state index in [1.165, 1.54) is 0 Å². The number of carbonyl (C=O) groups is 1. The van der Waals surface area contributed by atoms with E-state index in [-0.39, 0.29) is 19.2 Å². The molecule has 1 heterocycles. The first-order valence-electron chi connectivity index (χ1n) is 9.64. The summed E-state index contributed by atoms with van der Waals surface area (Å²) in [6, 6.07) is 22.4. The van der Waals surface area contributed by atoms with Gasteiger partial charge in [-0.15, -0.1) is 0 Å². The standard InChI is InChI=1S/C24H22O5/c1-2-26-17-11-13-18(14-12-17)27-15-16-28-24(25)23-19-7-3-5-9-21(19)29-22-10-6-4-8-20(22)23/h3-14,23H,2,15-16H2,1H3. The average Bonchev–Trinajstić information content (AvgIpc) is 2.76. The van der Waals surface area contributed by atoms with E-state index in [0.29, 0.717) is 23.9 Å². The van der Waals surface area contributed by atoms with E-state index >= 15 is 0 Å². The molecular formula is C24H22O5. The Bertz CT molecular complexity index is 935. The summed E-state index contributed by atoms with van der Waals surface area (Å²) in [6.45, 7) is 2.99. The van der Waals surface area contributed by atoms with Crippen molar-refractivity contribution in [1.82, 2.24) is 0 Å². The minimum atomic E-state index is -0.512. The number of para-hydroxylation sites is 2. The number of hydrogen-bond acceptors (Lipinski definition) is 5. The second-order valence-corrected chi connectivity index (χ2v) is 6.53. The van der Waals surface area contributed by atoms with Gasteiger partial charge in [0.25, 0.3) is 0 Å². The van der Waals surface area contributed by atoms with Crippen LogP contribution in [0.4, 0.5) is 0 Å². The Morgan fingerprint density at radius 2 is 1.34 bits per heavy atom. The van der Waals surface area contributed by atoms with Gasteiger partial charge >= 0.3 is 5.97 Å². The molecule has 0 aliphatic carbocycles. The lowest BCUT2D eigenvalue weighted by Gasteiger charge is -2.26. The molecule has 0 unspecified atom stereocenters. The van der Waals surface area contributed by atoms with Gasteiger partial charge in [0.05, 0.1) is 6.61 Å². The first-order valence-corrected chi connectivity index (χ1v) is 9.64. The third-order valence-corrected chi connectivity index (χ3v) is 4.65. The van der Waals surface area contributed by atoms with Gasteiger partial charge in [-0.05, 0) is 43.3 Å². The third-order valence-electron chi connectivity index (χ3n) is 4.65. The lowest BCUT2D eigenvalue weighted by Crippen LogP contribution is -2.23. The second-order valence-electron chi connectivity index (χ2n) is 6.53.